The summed E-state index contributed by atoms with van der Waals surface area (Å²) in [5.74, 6) is 1.10. The molecule has 2 aromatic carbocycles. The number of fused-ring (bicyclic) bond motifs is 1. The van der Waals surface area contributed by atoms with E-state index in [1.54, 1.807) is 0 Å². The molecule has 1 N–H and O–H groups in total. The van der Waals surface area contributed by atoms with Gasteiger partial charge in [0.15, 0.2) is 0 Å². The minimum Gasteiger partial charge on any atom is -0.396 e. The lowest BCUT2D eigenvalue weighted by Crippen LogP contribution is -2.43. The quantitative estimate of drug-likeness (QED) is 0.631. The molecule has 1 atom stereocenters. The molecule has 2 aliphatic carbocycles. The number of aryl methyl sites for hydroxylation is 1. The number of amides is 1. The predicted molar refractivity (Wildman–Crippen MR) is 134 cm³/mol. The van der Waals surface area contributed by atoms with Gasteiger partial charge in [0.1, 0.15) is 0 Å². The highest BCUT2D eigenvalue weighted by Gasteiger charge is 2.32. The zero-order valence-electron chi connectivity index (χ0n) is 20.4. The molecule has 1 amide bonds. The van der Waals surface area contributed by atoms with Gasteiger partial charge in [0.25, 0.3) is 0 Å². The van der Waals surface area contributed by atoms with Crippen molar-refractivity contribution in [3.8, 4) is 0 Å². The molecule has 0 radical (unpaired) electrons. The molecule has 4 rings (SSSR count). The number of carbonyl (C=O) groups excluding carboxylic acids is 1. The molecule has 1 saturated carbocycles. The molecule has 0 saturated heterocycles. The summed E-state index contributed by atoms with van der Waals surface area (Å²) in [6.45, 7) is 2.09. The molecular weight excluding hydrogens is 408 g/mol. The standard InChI is InChI=1S/C29H40N2O2/c1-30(18-5-19-32)21-22-8-10-24(11-9-22)25-14-16-28(17-15-25)31(2)29(33)27-13-12-23-6-3-4-7-26(23)20-27/h3-4,6-11,25,27-28,32H,5,12-21H2,1-2H3. The Morgan fingerprint density at radius 3 is 2.33 bits per heavy atom. The van der Waals surface area contributed by atoms with Crippen molar-refractivity contribution in [2.24, 2.45) is 5.92 Å². The van der Waals surface area contributed by atoms with E-state index in [2.05, 4.69) is 65.4 Å². The molecule has 0 aromatic heterocycles. The summed E-state index contributed by atoms with van der Waals surface area (Å²) < 4.78 is 0. The van der Waals surface area contributed by atoms with Gasteiger partial charge in [0.2, 0.25) is 5.91 Å². The van der Waals surface area contributed by atoms with E-state index in [4.69, 9.17) is 5.11 Å². The molecule has 1 fully saturated rings. The Hall–Kier alpha value is -2.17. The molecule has 2 aliphatic rings. The van der Waals surface area contributed by atoms with Gasteiger partial charge in [-0.1, -0.05) is 48.5 Å². The maximum absolute atomic E-state index is 13.3. The third kappa shape index (κ3) is 6.04. The lowest BCUT2D eigenvalue weighted by atomic mass is 9.80. The van der Waals surface area contributed by atoms with Crippen LogP contribution in [0.4, 0.5) is 0 Å². The van der Waals surface area contributed by atoms with Crippen LogP contribution in [-0.4, -0.2) is 54.1 Å². The lowest BCUT2D eigenvalue weighted by Gasteiger charge is -2.37. The first-order valence-electron chi connectivity index (χ1n) is 12.8. The summed E-state index contributed by atoms with van der Waals surface area (Å²) in [5.41, 5.74) is 5.55. The molecule has 0 aliphatic heterocycles. The first kappa shape index (κ1) is 24.0. The first-order valence-corrected chi connectivity index (χ1v) is 12.8. The number of carbonyl (C=O) groups is 1. The Kier molecular flexibility index (Phi) is 8.21. The largest absolute Gasteiger partial charge is 0.396 e. The maximum Gasteiger partial charge on any atom is 0.226 e. The second-order valence-electron chi connectivity index (χ2n) is 10.2. The lowest BCUT2D eigenvalue weighted by molar-refractivity contribution is -0.137. The molecule has 0 bridgehead atoms. The average molecular weight is 449 g/mol. The van der Waals surface area contributed by atoms with Crippen LogP contribution in [0.2, 0.25) is 0 Å². The number of hydrogen-bond donors (Lipinski definition) is 1. The van der Waals surface area contributed by atoms with E-state index < -0.39 is 0 Å². The van der Waals surface area contributed by atoms with Gasteiger partial charge in [0, 0.05) is 38.7 Å². The topological polar surface area (TPSA) is 43.8 Å². The summed E-state index contributed by atoms with van der Waals surface area (Å²) in [6.07, 6.45) is 8.25. The minimum atomic E-state index is 0.144. The molecule has 33 heavy (non-hydrogen) atoms. The summed E-state index contributed by atoms with van der Waals surface area (Å²) in [6, 6.07) is 18.1. The molecule has 4 nitrogen and oxygen atoms in total. The molecular formula is C29H40N2O2. The third-order valence-corrected chi connectivity index (χ3v) is 7.89. The highest BCUT2D eigenvalue weighted by Crippen LogP contribution is 2.36. The van der Waals surface area contributed by atoms with Crippen molar-refractivity contribution in [3.05, 3.63) is 70.8 Å². The highest BCUT2D eigenvalue weighted by atomic mass is 16.3. The van der Waals surface area contributed by atoms with E-state index in [1.807, 2.05) is 7.05 Å². The van der Waals surface area contributed by atoms with Crippen molar-refractivity contribution in [2.45, 2.75) is 69.9 Å². The zero-order chi connectivity index (χ0) is 23.2. The van der Waals surface area contributed by atoms with Crippen molar-refractivity contribution in [2.75, 3.05) is 27.2 Å². The Bertz CT molecular complexity index is 902. The van der Waals surface area contributed by atoms with E-state index in [-0.39, 0.29) is 12.5 Å². The number of aliphatic hydroxyl groups is 1. The summed E-state index contributed by atoms with van der Waals surface area (Å²) in [7, 11) is 4.14. The van der Waals surface area contributed by atoms with Gasteiger partial charge in [-0.3, -0.25) is 4.79 Å². The van der Waals surface area contributed by atoms with Crippen LogP contribution in [0.25, 0.3) is 0 Å². The van der Waals surface area contributed by atoms with Crippen LogP contribution < -0.4 is 0 Å². The fourth-order valence-electron chi connectivity index (χ4n) is 5.80. The normalized spacial score (nSPS) is 22.7. The number of hydrogen-bond acceptors (Lipinski definition) is 3. The van der Waals surface area contributed by atoms with Crippen molar-refractivity contribution >= 4 is 5.91 Å². The Labute approximate surface area is 199 Å². The first-order chi connectivity index (χ1) is 16.0. The summed E-state index contributed by atoms with van der Waals surface area (Å²) in [5, 5.41) is 9.00. The van der Waals surface area contributed by atoms with Crippen LogP contribution in [0.3, 0.4) is 0 Å². The second kappa shape index (κ2) is 11.3. The monoisotopic (exact) mass is 448 g/mol. The smallest absolute Gasteiger partial charge is 0.226 e. The van der Waals surface area contributed by atoms with Crippen molar-refractivity contribution in [3.63, 3.8) is 0 Å². The Balaban J connectivity index is 1.26. The van der Waals surface area contributed by atoms with Crippen LogP contribution in [0.5, 0.6) is 0 Å². The van der Waals surface area contributed by atoms with Crippen LogP contribution >= 0.6 is 0 Å². The molecule has 1 unspecified atom stereocenters. The number of nitrogens with zero attached hydrogens (tertiary/aromatic N) is 2. The fraction of sp³-hybridized carbons (Fsp3) is 0.552. The number of benzene rings is 2. The van der Waals surface area contributed by atoms with Crippen molar-refractivity contribution in [1.82, 2.24) is 9.80 Å². The fourth-order valence-corrected chi connectivity index (χ4v) is 5.80. The predicted octanol–water partition coefficient (Wildman–Crippen LogP) is 4.79. The van der Waals surface area contributed by atoms with Gasteiger partial charge in [-0.15, -0.1) is 0 Å². The van der Waals surface area contributed by atoms with E-state index in [0.717, 1.165) is 64.5 Å². The summed E-state index contributed by atoms with van der Waals surface area (Å²) >= 11 is 0. The SMILES string of the molecule is CN(CCCO)Cc1ccc(C2CCC(N(C)C(=O)C3CCc4ccccc4C3)CC2)cc1. The third-order valence-electron chi connectivity index (χ3n) is 7.89. The van der Waals surface area contributed by atoms with Gasteiger partial charge >= 0.3 is 0 Å². The van der Waals surface area contributed by atoms with E-state index in [9.17, 15) is 4.79 Å². The van der Waals surface area contributed by atoms with E-state index in [0.29, 0.717) is 17.9 Å². The molecule has 178 valence electrons. The molecule has 4 heteroatoms. The summed E-state index contributed by atoms with van der Waals surface area (Å²) in [4.78, 5) is 17.6. The van der Waals surface area contributed by atoms with Gasteiger partial charge < -0.3 is 14.9 Å². The Morgan fingerprint density at radius 2 is 1.64 bits per heavy atom. The van der Waals surface area contributed by atoms with Crippen LogP contribution in [0.15, 0.2) is 48.5 Å². The number of rotatable bonds is 8. The van der Waals surface area contributed by atoms with Crippen LogP contribution in [0, 0.1) is 5.92 Å². The molecule has 0 spiro atoms. The van der Waals surface area contributed by atoms with Crippen molar-refractivity contribution in [1.29, 1.82) is 0 Å². The maximum atomic E-state index is 13.3. The zero-order valence-corrected chi connectivity index (χ0v) is 20.4. The van der Waals surface area contributed by atoms with Gasteiger partial charge in [-0.2, -0.15) is 0 Å². The van der Waals surface area contributed by atoms with Crippen molar-refractivity contribution < 1.29 is 9.90 Å². The average Bonchev–Trinajstić information content (AvgIpc) is 2.87. The molecule has 2 aromatic rings. The van der Waals surface area contributed by atoms with Crippen LogP contribution in [0.1, 0.15) is 66.7 Å². The minimum absolute atomic E-state index is 0.144. The van der Waals surface area contributed by atoms with Crippen LogP contribution in [-0.2, 0) is 24.2 Å². The van der Waals surface area contributed by atoms with E-state index >= 15 is 0 Å². The Morgan fingerprint density at radius 1 is 0.939 bits per heavy atom. The number of aliphatic hydroxyl groups excluding tert-OH is 1. The van der Waals surface area contributed by atoms with Gasteiger partial charge in [-0.05, 0) is 86.6 Å². The van der Waals surface area contributed by atoms with Gasteiger partial charge in [0.05, 0.1) is 0 Å². The highest BCUT2D eigenvalue weighted by molar-refractivity contribution is 5.79. The van der Waals surface area contributed by atoms with Gasteiger partial charge in [-0.25, -0.2) is 0 Å². The van der Waals surface area contributed by atoms with E-state index in [1.165, 1.54) is 22.3 Å². The second-order valence-corrected chi connectivity index (χ2v) is 10.2. The molecule has 0 heterocycles.